The molecule has 0 saturated heterocycles. The van der Waals surface area contributed by atoms with Gasteiger partial charge in [0.15, 0.2) is 5.65 Å². The van der Waals surface area contributed by atoms with E-state index >= 15 is 0 Å². The second-order valence-electron chi connectivity index (χ2n) is 5.05. The predicted molar refractivity (Wildman–Crippen MR) is 89.7 cm³/mol. The number of nitrogens with zero attached hydrogens (tertiary/aromatic N) is 3. The molecule has 2 heterocycles. The molecular weight excluding hydrogens is 371 g/mol. The van der Waals surface area contributed by atoms with E-state index in [0.29, 0.717) is 22.0 Å². The van der Waals surface area contributed by atoms with Gasteiger partial charge in [-0.3, -0.25) is 14.2 Å². The Morgan fingerprint density at radius 3 is 2.64 bits per heavy atom. The van der Waals surface area contributed by atoms with Crippen LogP contribution in [0, 0.1) is 0 Å². The number of carboxylic acids is 1. The molecule has 0 atom stereocenters. The van der Waals surface area contributed by atoms with Crippen LogP contribution < -0.4 is 56.7 Å². The number of benzene rings is 1. The molecule has 0 radical (unpaired) electrons. The molecule has 3 rings (SSSR count). The van der Waals surface area contributed by atoms with E-state index in [1.165, 1.54) is 0 Å². The van der Waals surface area contributed by atoms with Gasteiger partial charge in [-0.15, -0.1) is 0 Å². The Bertz CT molecular complexity index is 918. The number of amides is 1. The number of hydrogen-bond donors (Lipinski definition) is 2. The van der Waals surface area contributed by atoms with E-state index in [9.17, 15) is 9.59 Å². The van der Waals surface area contributed by atoms with Gasteiger partial charge in [0.05, 0.1) is 0 Å². The van der Waals surface area contributed by atoms with Crippen molar-refractivity contribution in [1.82, 2.24) is 19.9 Å². The maximum Gasteiger partial charge on any atom is 1.00 e. The molecule has 124 valence electrons. The molecule has 0 unspecified atom stereocenters. The Morgan fingerprint density at radius 2 is 1.96 bits per heavy atom. The molecule has 1 aromatic carbocycles. The molecule has 2 N–H and O–H groups in total. The number of aliphatic carboxylic acids is 1. The first-order valence-electron chi connectivity index (χ1n) is 7.10. The molecule has 0 saturated carbocycles. The Balaban J connectivity index is 0.00000169. The molecule has 0 spiro atoms. The maximum absolute atomic E-state index is 12.0. The second-order valence-corrected chi connectivity index (χ2v) is 5.48. The van der Waals surface area contributed by atoms with Gasteiger partial charge in [-0.1, -0.05) is 11.6 Å². The molecule has 0 bridgehead atoms. The van der Waals surface area contributed by atoms with Crippen molar-refractivity contribution in [2.75, 3.05) is 6.54 Å². The van der Waals surface area contributed by atoms with E-state index in [-0.39, 0.29) is 59.4 Å². The molecule has 0 aliphatic rings. The molecule has 9 heteroatoms. The Labute approximate surface area is 192 Å². The smallest absolute Gasteiger partial charge is 1.00 e. The molecule has 3 aromatic rings. The Hall–Kier alpha value is -1.29. The Morgan fingerprint density at radius 1 is 1.24 bits per heavy atom. The zero-order chi connectivity index (χ0) is 17.1. The van der Waals surface area contributed by atoms with E-state index in [0.717, 1.165) is 5.56 Å². The maximum atomic E-state index is 12.0. The summed E-state index contributed by atoms with van der Waals surface area (Å²) < 4.78 is 1.65. The van der Waals surface area contributed by atoms with E-state index in [1.807, 2.05) is 0 Å². The van der Waals surface area contributed by atoms with Gasteiger partial charge in [0.1, 0.15) is 24.4 Å². The summed E-state index contributed by atoms with van der Waals surface area (Å²) in [5.41, 5.74) is 1.98. The van der Waals surface area contributed by atoms with Crippen LogP contribution in [0.2, 0.25) is 5.02 Å². The van der Waals surface area contributed by atoms with Gasteiger partial charge < -0.3 is 11.8 Å². The van der Waals surface area contributed by atoms with Crippen LogP contribution in [0.1, 0.15) is 1.43 Å². The first-order chi connectivity index (χ1) is 11.5. The number of halogens is 1. The predicted octanol–water partition coefficient (Wildman–Crippen LogP) is -0.931. The third-order valence-electron chi connectivity index (χ3n) is 3.34. The third kappa shape index (κ3) is 4.87. The van der Waals surface area contributed by atoms with Crippen molar-refractivity contribution in [3.05, 3.63) is 47.6 Å². The van der Waals surface area contributed by atoms with Gasteiger partial charge in [0, 0.05) is 16.8 Å². The molecule has 0 aliphatic heterocycles. The van der Waals surface area contributed by atoms with Crippen molar-refractivity contribution in [1.29, 1.82) is 0 Å². The van der Waals surface area contributed by atoms with Gasteiger partial charge in [-0.2, -0.15) is 0 Å². The number of pyridine rings is 1. The third-order valence-corrected chi connectivity index (χ3v) is 3.60. The number of carbonyl (C=O) groups is 2. The van der Waals surface area contributed by atoms with Crippen molar-refractivity contribution in [3.8, 4) is 11.4 Å². The van der Waals surface area contributed by atoms with Crippen molar-refractivity contribution >= 4 is 34.6 Å². The minimum Gasteiger partial charge on any atom is -1.00 e. The van der Waals surface area contributed by atoms with Crippen LogP contribution in [0.15, 0.2) is 42.6 Å². The van der Waals surface area contributed by atoms with E-state index < -0.39 is 18.4 Å². The van der Waals surface area contributed by atoms with Crippen LogP contribution in [-0.2, 0) is 16.1 Å². The quantitative estimate of drug-likeness (QED) is 0.554. The number of nitrogens with one attached hydrogen (secondary N) is 1. The molecule has 25 heavy (non-hydrogen) atoms. The average molecular weight is 385 g/mol. The number of hydrogen-bond acceptors (Lipinski definition) is 4. The van der Waals surface area contributed by atoms with Crippen LogP contribution in [0.5, 0.6) is 0 Å². The molecule has 2 aromatic heterocycles. The molecule has 7 nitrogen and oxygen atoms in total. The largest absolute Gasteiger partial charge is 1.00 e. The summed E-state index contributed by atoms with van der Waals surface area (Å²) in [6.07, 6.45) is 1.61. The number of aromatic nitrogens is 3. The first kappa shape index (κ1) is 20.0. The molecular formula is C16H14ClKN4O3. The van der Waals surface area contributed by atoms with Crippen LogP contribution in [0.4, 0.5) is 0 Å². The summed E-state index contributed by atoms with van der Waals surface area (Å²) in [5, 5.41) is 11.6. The van der Waals surface area contributed by atoms with E-state index in [4.69, 9.17) is 16.7 Å². The zero-order valence-electron chi connectivity index (χ0n) is 14.4. The van der Waals surface area contributed by atoms with Crippen LogP contribution in [0.3, 0.4) is 0 Å². The fourth-order valence-electron chi connectivity index (χ4n) is 2.30. The molecule has 1 amide bonds. The van der Waals surface area contributed by atoms with Gasteiger partial charge in [-0.05, 0) is 36.4 Å². The zero-order valence-corrected chi connectivity index (χ0v) is 17.3. The summed E-state index contributed by atoms with van der Waals surface area (Å²) in [5.74, 6) is -0.974. The monoisotopic (exact) mass is 384 g/mol. The molecule has 0 fully saturated rings. The summed E-state index contributed by atoms with van der Waals surface area (Å²) in [7, 11) is 0. The summed E-state index contributed by atoms with van der Waals surface area (Å²) in [6.45, 7) is -0.520. The topological polar surface area (TPSA) is 97.1 Å². The van der Waals surface area contributed by atoms with Gasteiger partial charge >= 0.3 is 57.4 Å². The minimum atomic E-state index is -1.10. The number of carbonyl (C=O) groups excluding carboxylic acids is 1. The second kappa shape index (κ2) is 8.88. The normalized spacial score (nSPS) is 10.3. The van der Waals surface area contributed by atoms with Gasteiger partial charge in [0.25, 0.3) is 0 Å². The Kier molecular flexibility index (Phi) is 7.11. The number of fused-ring (bicyclic) bond motifs is 1. The number of rotatable bonds is 5. The number of imidazole rings is 1. The van der Waals surface area contributed by atoms with Crippen LogP contribution in [-0.4, -0.2) is 38.1 Å². The summed E-state index contributed by atoms with van der Waals surface area (Å²) >= 11 is 5.91. The molecule has 0 aliphatic carbocycles. The average Bonchev–Trinajstić information content (AvgIpc) is 2.92. The van der Waals surface area contributed by atoms with Crippen molar-refractivity contribution < 1.29 is 67.5 Å². The standard InChI is InChI=1S/C16H13ClN4O3.K.H/c17-11-5-3-10(4-6-11)15-20-12-2-1-7-18-16(12)21(15)9-13(22)19-8-14(23)24;;/h1-7H,8-9H2,(H,19,22)(H,23,24);;/q;+1;-1. The van der Waals surface area contributed by atoms with Crippen molar-refractivity contribution in [2.45, 2.75) is 6.54 Å². The minimum absolute atomic E-state index is 0. The number of carboxylic acid groups (broad SMARTS) is 1. The first-order valence-corrected chi connectivity index (χ1v) is 7.48. The van der Waals surface area contributed by atoms with Crippen LogP contribution >= 0.6 is 11.6 Å². The van der Waals surface area contributed by atoms with Gasteiger partial charge in [-0.25, -0.2) is 9.97 Å². The summed E-state index contributed by atoms with van der Waals surface area (Å²) in [4.78, 5) is 31.4. The SMILES string of the molecule is O=C(O)CNC(=O)Cn1c(-c2ccc(Cl)cc2)nc2cccnc21.[H-].[K+]. The fraction of sp³-hybridized carbons (Fsp3) is 0.125. The van der Waals surface area contributed by atoms with Gasteiger partial charge in [0.2, 0.25) is 5.91 Å². The van der Waals surface area contributed by atoms with E-state index in [2.05, 4.69) is 15.3 Å². The summed E-state index contributed by atoms with van der Waals surface area (Å²) in [6, 6.07) is 10.6. The van der Waals surface area contributed by atoms with Crippen LogP contribution in [0.25, 0.3) is 22.6 Å². The van der Waals surface area contributed by atoms with E-state index in [1.54, 1.807) is 47.2 Å². The van der Waals surface area contributed by atoms with Crippen molar-refractivity contribution in [2.24, 2.45) is 0 Å². The fourth-order valence-corrected chi connectivity index (χ4v) is 2.43. The van der Waals surface area contributed by atoms with Crippen molar-refractivity contribution in [3.63, 3.8) is 0 Å².